The third-order valence-corrected chi connectivity index (χ3v) is 5.95. The number of aliphatic imine (C=N–C) groups is 1. The lowest BCUT2D eigenvalue weighted by atomic mass is 9.99. The number of hydrogen-bond acceptors (Lipinski definition) is 4. The Kier molecular flexibility index (Phi) is 7.23. The van der Waals surface area contributed by atoms with Crippen LogP contribution in [-0.4, -0.2) is 39.4 Å². The molecule has 1 fully saturated rings. The van der Waals surface area contributed by atoms with E-state index in [-0.39, 0.29) is 11.9 Å². The molecule has 0 aliphatic heterocycles. The second-order valence-electron chi connectivity index (χ2n) is 8.42. The summed E-state index contributed by atoms with van der Waals surface area (Å²) >= 11 is 0. The van der Waals surface area contributed by atoms with Gasteiger partial charge in [-0.1, -0.05) is 11.6 Å². The highest BCUT2D eigenvalue weighted by Crippen LogP contribution is 2.21. The van der Waals surface area contributed by atoms with Crippen molar-refractivity contribution in [1.29, 1.82) is 0 Å². The predicted molar refractivity (Wildman–Crippen MR) is 125 cm³/mol. The van der Waals surface area contributed by atoms with E-state index in [9.17, 15) is 9.90 Å². The van der Waals surface area contributed by atoms with Gasteiger partial charge in [0.1, 0.15) is 5.69 Å². The van der Waals surface area contributed by atoms with Gasteiger partial charge in [0.05, 0.1) is 17.8 Å². The van der Waals surface area contributed by atoms with Crippen molar-refractivity contribution in [2.24, 2.45) is 12.0 Å². The third kappa shape index (κ3) is 5.58. The number of nitrogens with one attached hydrogen (secondary N) is 1. The molecule has 31 heavy (non-hydrogen) atoms. The molecule has 6 heteroatoms. The average molecular weight is 421 g/mol. The molecule has 0 unspecified atom stereocenters. The van der Waals surface area contributed by atoms with Crippen LogP contribution in [0.2, 0.25) is 0 Å². The quantitative estimate of drug-likeness (QED) is 0.526. The van der Waals surface area contributed by atoms with Crippen molar-refractivity contribution in [2.45, 2.75) is 58.6 Å². The van der Waals surface area contributed by atoms with E-state index < -0.39 is 6.10 Å². The smallest absolute Gasteiger partial charge is 0.270 e. The van der Waals surface area contributed by atoms with Gasteiger partial charge < -0.3 is 15.0 Å². The number of aliphatic hydroxyl groups is 1. The Hall–Kier alpha value is -2.99. The lowest BCUT2D eigenvalue weighted by Crippen LogP contribution is -2.40. The molecule has 164 valence electrons. The average Bonchev–Trinajstić information content (AvgIpc) is 3.34. The maximum Gasteiger partial charge on any atom is 0.270 e. The van der Waals surface area contributed by atoms with Crippen LogP contribution >= 0.6 is 0 Å². The molecule has 2 aromatic heterocycles. The zero-order valence-electron chi connectivity index (χ0n) is 18.9. The topological polar surface area (TPSA) is 79.5 Å². The van der Waals surface area contributed by atoms with E-state index in [0.29, 0.717) is 12.1 Å². The normalized spacial score (nSPS) is 19.5. The Morgan fingerprint density at radius 2 is 2.16 bits per heavy atom. The van der Waals surface area contributed by atoms with Crippen molar-refractivity contribution in [1.82, 2.24) is 14.9 Å². The summed E-state index contributed by atoms with van der Waals surface area (Å²) in [7, 11) is 1.97. The van der Waals surface area contributed by atoms with Crippen LogP contribution in [0.25, 0.3) is 5.70 Å². The number of aryl methyl sites for hydroxylation is 2. The van der Waals surface area contributed by atoms with Crippen LogP contribution in [0.1, 0.15) is 59.1 Å². The van der Waals surface area contributed by atoms with E-state index in [1.165, 1.54) is 0 Å². The summed E-state index contributed by atoms with van der Waals surface area (Å²) in [5, 5.41) is 12.9. The minimum atomic E-state index is -0.468. The Bertz CT molecular complexity index is 1030. The second-order valence-corrected chi connectivity index (χ2v) is 8.42. The maximum absolute atomic E-state index is 12.7. The fourth-order valence-corrected chi connectivity index (χ4v) is 3.93. The standard InChI is InChI=1S/C25H32N4O2/c1-16(9-10-21(26-4)19-11-12-29(5)15-19)13-20-14-23(27-18(3)17(20)2)25(31)28-22-7-6-8-24(22)30/h9-12,14-15,22,24,30H,4,6-8,13H2,1-3,5H3,(H,28,31)/b16-9+,21-10-/t22-,24-/m0/s1. The van der Waals surface area contributed by atoms with Crippen molar-refractivity contribution >= 4 is 18.3 Å². The Labute approximate surface area is 184 Å². The highest BCUT2D eigenvalue weighted by molar-refractivity contribution is 5.93. The number of rotatable bonds is 7. The molecule has 1 aliphatic rings. The number of aromatic nitrogens is 2. The summed E-state index contributed by atoms with van der Waals surface area (Å²) in [6.07, 6.45) is 10.7. The van der Waals surface area contributed by atoms with E-state index in [1.807, 2.05) is 62.1 Å². The molecule has 2 atom stereocenters. The molecule has 2 N–H and O–H groups in total. The fourth-order valence-electron chi connectivity index (χ4n) is 3.93. The molecule has 1 saturated carbocycles. The van der Waals surface area contributed by atoms with E-state index in [2.05, 4.69) is 28.9 Å². The van der Waals surface area contributed by atoms with Gasteiger partial charge in [0.2, 0.25) is 0 Å². The van der Waals surface area contributed by atoms with Gasteiger partial charge in [0.15, 0.2) is 0 Å². The summed E-state index contributed by atoms with van der Waals surface area (Å²) < 4.78 is 1.98. The number of pyridine rings is 1. The minimum absolute atomic E-state index is 0.186. The molecule has 0 aromatic carbocycles. The number of nitrogens with zero attached hydrogens (tertiary/aromatic N) is 3. The number of allylic oxidation sites excluding steroid dienone is 3. The van der Waals surface area contributed by atoms with Crippen LogP contribution in [0.3, 0.4) is 0 Å². The summed E-state index contributed by atoms with van der Waals surface area (Å²) in [5.74, 6) is -0.223. The maximum atomic E-state index is 12.7. The number of amides is 1. The molecular weight excluding hydrogens is 388 g/mol. The van der Waals surface area contributed by atoms with Gasteiger partial charge in [-0.2, -0.15) is 0 Å². The second kappa shape index (κ2) is 9.88. The zero-order chi connectivity index (χ0) is 22.5. The molecular formula is C25H32N4O2. The molecule has 0 spiro atoms. The van der Waals surface area contributed by atoms with E-state index in [0.717, 1.165) is 52.9 Å². The van der Waals surface area contributed by atoms with Crippen LogP contribution in [-0.2, 0) is 13.5 Å². The SMILES string of the molecule is C=N/C(=C\C=C(/C)Cc1cc(C(=O)N[C@H]2CCC[C@@H]2O)nc(C)c1C)c1ccn(C)c1. The summed E-state index contributed by atoms with van der Waals surface area (Å²) in [6, 6.07) is 3.69. The molecule has 1 aliphatic carbocycles. The first-order valence-corrected chi connectivity index (χ1v) is 10.7. The molecule has 0 radical (unpaired) electrons. The van der Waals surface area contributed by atoms with Gasteiger partial charge in [0.25, 0.3) is 5.91 Å². The summed E-state index contributed by atoms with van der Waals surface area (Å²) in [5.41, 5.74) is 6.37. The fraction of sp³-hybridized carbons (Fsp3) is 0.400. The van der Waals surface area contributed by atoms with Crippen molar-refractivity contribution in [3.8, 4) is 0 Å². The predicted octanol–water partition coefficient (Wildman–Crippen LogP) is 3.91. The van der Waals surface area contributed by atoms with Gasteiger partial charge >= 0.3 is 0 Å². The first-order valence-electron chi connectivity index (χ1n) is 10.7. The first-order chi connectivity index (χ1) is 14.8. The van der Waals surface area contributed by atoms with Gasteiger partial charge in [-0.05, 0) is 82.5 Å². The largest absolute Gasteiger partial charge is 0.391 e. The highest BCUT2D eigenvalue weighted by atomic mass is 16.3. The summed E-state index contributed by atoms with van der Waals surface area (Å²) in [6.45, 7) is 9.70. The van der Waals surface area contributed by atoms with Gasteiger partial charge in [-0.15, -0.1) is 0 Å². The molecule has 0 saturated heterocycles. The lowest BCUT2D eigenvalue weighted by Gasteiger charge is -2.17. The van der Waals surface area contributed by atoms with Crippen molar-refractivity contribution in [3.05, 3.63) is 70.3 Å². The Morgan fingerprint density at radius 3 is 2.77 bits per heavy atom. The van der Waals surface area contributed by atoms with Crippen molar-refractivity contribution < 1.29 is 9.90 Å². The molecule has 2 aromatic rings. The van der Waals surface area contributed by atoms with Crippen LogP contribution in [0.15, 0.2) is 47.2 Å². The van der Waals surface area contributed by atoms with E-state index in [4.69, 9.17) is 0 Å². The number of carbonyl (C=O) groups excluding carboxylic acids is 1. The number of hydrogen-bond donors (Lipinski definition) is 2. The third-order valence-electron chi connectivity index (χ3n) is 5.95. The number of carbonyl (C=O) groups is 1. The van der Waals surface area contributed by atoms with E-state index in [1.54, 1.807) is 0 Å². The zero-order valence-corrected chi connectivity index (χ0v) is 18.9. The van der Waals surface area contributed by atoms with Crippen molar-refractivity contribution in [2.75, 3.05) is 0 Å². The monoisotopic (exact) mass is 420 g/mol. The van der Waals surface area contributed by atoms with Crippen LogP contribution in [0.4, 0.5) is 0 Å². The minimum Gasteiger partial charge on any atom is -0.391 e. The molecule has 0 bridgehead atoms. The lowest BCUT2D eigenvalue weighted by molar-refractivity contribution is 0.0868. The molecule has 6 nitrogen and oxygen atoms in total. The van der Waals surface area contributed by atoms with Gasteiger partial charge in [-0.25, -0.2) is 4.98 Å². The van der Waals surface area contributed by atoms with Crippen LogP contribution in [0.5, 0.6) is 0 Å². The van der Waals surface area contributed by atoms with Gasteiger partial charge in [0, 0.05) is 30.7 Å². The van der Waals surface area contributed by atoms with Crippen molar-refractivity contribution in [3.63, 3.8) is 0 Å². The highest BCUT2D eigenvalue weighted by Gasteiger charge is 2.27. The summed E-state index contributed by atoms with van der Waals surface area (Å²) in [4.78, 5) is 21.4. The Balaban J connectivity index is 1.78. The van der Waals surface area contributed by atoms with Crippen LogP contribution < -0.4 is 5.32 Å². The number of aliphatic hydroxyl groups excluding tert-OH is 1. The van der Waals surface area contributed by atoms with Crippen LogP contribution in [0, 0.1) is 13.8 Å². The molecule has 1 amide bonds. The first kappa shape index (κ1) is 22.7. The van der Waals surface area contributed by atoms with Gasteiger partial charge in [-0.3, -0.25) is 9.79 Å². The Morgan fingerprint density at radius 1 is 1.39 bits per heavy atom. The van der Waals surface area contributed by atoms with E-state index >= 15 is 0 Å². The molecule has 2 heterocycles. The molecule has 3 rings (SSSR count).